The Morgan fingerprint density at radius 1 is 1.10 bits per heavy atom. The van der Waals surface area contributed by atoms with Crippen molar-refractivity contribution in [1.29, 1.82) is 0 Å². The van der Waals surface area contributed by atoms with Crippen molar-refractivity contribution in [1.82, 2.24) is 0 Å². The zero-order chi connectivity index (χ0) is 14.9. The van der Waals surface area contributed by atoms with E-state index in [2.05, 4.69) is 0 Å². The lowest BCUT2D eigenvalue weighted by Crippen LogP contribution is -2.30. The molecule has 2 aromatic rings. The lowest BCUT2D eigenvalue weighted by atomic mass is 9.73. The van der Waals surface area contributed by atoms with Crippen LogP contribution in [0.15, 0.2) is 48.5 Å². The van der Waals surface area contributed by atoms with Crippen LogP contribution >= 0.6 is 0 Å². The monoisotopic (exact) mass is 280 g/mol. The second-order valence-corrected chi connectivity index (χ2v) is 6.31. The normalized spacial score (nSPS) is 16.4. The van der Waals surface area contributed by atoms with E-state index in [0.29, 0.717) is 6.61 Å². The van der Waals surface area contributed by atoms with Crippen molar-refractivity contribution >= 4 is 5.78 Å². The predicted molar refractivity (Wildman–Crippen MR) is 83.6 cm³/mol. The van der Waals surface area contributed by atoms with E-state index in [0.717, 1.165) is 35.3 Å². The van der Waals surface area contributed by atoms with E-state index in [4.69, 9.17) is 4.74 Å². The molecule has 2 nitrogen and oxygen atoms in total. The van der Waals surface area contributed by atoms with Crippen LogP contribution in [-0.4, -0.2) is 5.78 Å². The zero-order valence-electron chi connectivity index (χ0n) is 12.6. The van der Waals surface area contributed by atoms with Gasteiger partial charge >= 0.3 is 0 Å². The van der Waals surface area contributed by atoms with E-state index in [1.54, 1.807) is 0 Å². The Labute approximate surface area is 125 Å². The number of benzene rings is 2. The summed E-state index contributed by atoms with van der Waals surface area (Å²) in [6, 6.07) is 15.9. The van der Waals surface area contributed by atoms with Crippen LogP contribution in [0.1, 0.15) is 41.8 Å². The minimum absolute atomic E-state index is 0.237. The fourth-order valence-electron chi connectivity index (χ4n) is 2.75. The molecule has 0 amide bonds. The van der Waals surface area contributed by atoms with Gasteiger partial charge in [0.1, 0.15) is 12.4 Å². The highest BCUT2D eigenvalue weighted by Gasteiger charge is 2.34. The van der Waals surface area contributed by atoms with Gasteiger partial charge in [0.15, 0.2) is 5.78 Å². The molecule has 0 bridgehead atoms. The van der Waals surface area contributed by atoms with Crippen molar-refractivity contribution in [3.8, 4) is 5.75 Å². The van der Waals surface area contributed by atoms with E-state index < -0.39 is 0 Å². The summed E-state index contributed by atoms with van der Waals surface area (Å²) in [5.74, 6) is 1.09. The van der Waals surface area contributed by atoms with E-state index in [1.165, 1.54) is 0 Å². The van der Waals surface area contributed by atoms with Gasteiger partial charge in [-0.15, -0.1) is 0 Å². The number of ketones is 1. The number of aryl methyl sites for hydroxylation is 1. The van der Waals surface area contributed by atoms with Crippen LogP contribution < -0.4 is 4.74 Å². The Balaban J connectivity index is 1.77. The summed E-state index contributed by atoms with van der Waals surface area (Å²) in [5.41, 5.74) is 2.88. The maximum atomic E-state index is 12.4. The topological polar surface area (TPSA) is 26.3 Å². The highest BCUT2D eigenvalue weighted by molar-refractivity contribution is 6.02. The molecular formula is C19H20O2. The SMILES string of the molecule is CC1(C)CCc2cc(OCc3ccccc3)ccc2C1=O. The molecule has 0 fully saturated rings. The van der Waals surface area contributed by atoms with E-state index in [-0.39, 0.29) is 11.2 Å². The van der Waals surface area contributed by atoms with Crippen LogP contribution in [0, 0.1) is 5.41 Å². The Hall–Kier alpha value is -2.09. The Morgan fingerprint density at radius 3 is 2.62 bits per heavy atom. The number of fused-ring (bicyclic) bond motifs is 1. The molecule has 0 N–H and O–H groups in total. The molecule has 0 radical (unpaired) electrons. The summed E-state index contributed by atoms with van der Waals surface area (Å²) < 4.78 is 5.83. The summed E-state index contributed by atoms with van der Waals surface area (Å²) in [6.45, 7) is 4.61. The first-order valence-corrected chi connectivity index (χ1v) is 7.41. The molecule has 1 aliphatic rings. The van der Waals surface area contributed by atoms with Crippen LogP contribution in [0.4, 0.5) is 0 Å². The molecule has 3 rings (SSSR count). The predicted octanol–water partition coefficient (Wildman–Crippen LogP) is 4.42. The maximum Gasteiger partial charge on any atom is 0.168 e. The molecule has 21 heavy (non-hydrogen) atoms. The number of carbonyl (C=O) groups is 1. The minimum atomic E-state index is -0.237. The average Bonchev–Trinajstić information content (AvgIpc) is 2.50. The fraction of sp³-hybridized carbons (Fsp3) is 0.316. The molecular weight excluding hydrogens is 260 g/mol. The van der Waals surface area contributed by atoms with Crippen molar-refractivity contribution in [2.24, 2.45) is 5.41 Å². The molecule has 0 aromatic heterocycles. The zero-order valence-corrected chi connectivity index (χ0v) is 12.6. The van der Waals surface area contributed by atoms with Crippen molar-refractivity contribution in [2.45, 2.75) is 33.3 Å². The van der Waals surface area contributed by atoms with Crippen molar-refractivity contribution < 1.29 is 9.53 Å². The Bertz CT molecular complexity index is 657. The number of Topliss-reactive ketones (excluding diaryl/α,β-unsaturated/α-hetero) is 1. The lowest BCUT2D eigenvalue weighted by Gasteiger charge is -2.29. The van der Waals surface area contributed by atoms with Crippen LogP contribution in [0.5, 0.6) is 5.75 Å². The van der Waals surface area contributed by atoms with E-state index in [9.17, 15) is 4.79 Å². The third kappa shape index (κ3) is 2.85. The fourth-order valence-corrected chi connectivity index (χ4v) is 2.75. The van der Waals surface area contributed by atoms with Crippen molar-refractivity contribution in [2.75, 3.05) is 0 Å². The smallest absolute Gasteiger partial charge is 0.168 e. The number of carbonyl (C=O) groups excluding carboxylic acids is 1. The summed E-state index contributed by atoms with van der Waals surface area (Å²) in [5, 5.41) is 0. The average molecular weight is 280 g/mol. The van der Waals surface area contributed by atoms with Crippen LogP contribution in [0.2, 0.25) is 0 Å². The van der Waals surface area contributed by atoms with Gasteiger partial charge in [-0.25, -0.2) is 0 Å². The molecule has 1 aliphatic carbocycles. The van der Waals surface area contributed by atoms with Gasteiger partial charge in [-0.3, -0.25) is 4.79 Å². The van der Waals surface area contributed by atoms with E-state index >= 15 is 0 Å². The first kappa shape index (κ1) is 13.9. The van der Waals surface area contributed by atoms with Gasteiger partial charge in [-0.1, -0.05) is 44.2 Å². The Morgan fingerprint density at radius 2 is 1.86 bits per heavy atom. The summed E-state index contributed by atoms with van der Waals surface area (Å²) in [4.78, 5) is 12.4. The van der Waals surface area contributed by atoms with Crippen LogP contribution in [-0.2, 0) is 13.0 Å². The number of rotatable bonds is 3. The van der Waals surface area contributed by atoms with Crippen LogP contribution in [0.25, 0.3) is 0 Å². The molecule has 0 saturated heterocycles. The van der Waals surface area contributed by atoms with Gasteiger partial charge in [0.05, 0.1) is 0 Å². The quantitative estimate of drug-likeness (QED) is 0.832. The molecule has 0 spiro atoms. The largest absolute Gasteiger partial charge is 0.489 e. The van der Waals surface area contributed by atoms with Gasteiger partial charge in [0.25, 0.3) is 0 Å². The maximum absolute atomic E-state index is 12.4. The molecule has 0 atom stereocenters. The number of hydrogen-bond donors (Lipinski definition) is 0. The highest BCUT2D eigenvalue weighted by Crippen LogP contribution is 2.36. The molecule has 0 saturated carbocycles. The minimum Gasteiger partial charge on any atom is -0.489 e. The first-order valence-electron chi connectivity index (χ1n) is 7.41. The highest BCUT2D eigenvalue weighted by atomic mass is 16.5. The molecule has 2 heteroatoms. The summed E-state index contributed by atoms with van der Waals surface area (Å²) in [6.07, 6.45) is 1.84. The Kier molecular flexibility index (Phi) is 3.54. The first-order chi connectivity index (χ1) is 10.1. The molecule has 108 valence electrons. The van der Waals surface area contributed by atoms with Crippen molar-refractivity contribution in [3.05, 3.63) is 65.2 Å². The lowest BCUT2D eigenvalue weighted by molar-refractivity contribution is 0.0811. The van der Waals surface area contributed by atoms with Crippen molar-refractivity contribution in [3.63, 3.8) is 0 Å². The number of hydrogen-bond acceptors (Lipinski definition) is 2. The van der Waals surface area contributed by atoms with Gasteiger partial charge in [0, 0.05) is 11.0 Å². The van der Waals surface area contributed by atoms with E-state index in [1.807, 2.05) is 62.4 Å². The molecule has 0 heterocycles. The number of ether oxygens (including phenoxy) is 1. The van der Waals surface area contributed by atoms with Gasteiger partial charge in [0.2, 0.25) is 0 Å². The van der Waals surface area contributed by atoms with Gasteiger partial charge in [-0.05, 0) is 42.2 Å². The summed E-state index contributed by atoms with van der Waals surface area (Å²) >= 11 is 0. The van der Waals surface area contributed by atoms with Crippen LogP contribution in [0.3, 0.4) is 0 Å². The third-order valence-corrected chi connectivity index (χ3v) is 4.20. The summed E-state index contributed by atoms with van der Waals surface area (Å²) in [7, 11) is 0. The molecule has 0 aliphatic heterocycles. The third-order valence-electron chi connectivity index (χ3n) is 4.20. The second-order valence-electron chi connectivity index (χ2n) is 6.31. The van der Waals surface area contributed by atoms with Gasteiger partial charge < -0.3 is 4.74 Å². The second kappa shape index (κ2) is 5.36. The molecule has 2 aromatic carbocycles. The van der Waals surface area contributed by atoms with Gasteiger partial charge in [-0.2, -0.15) is 0 Å². The standard InChI is InChI=1S/C19H20O2/c1-19(2)11-10-15-12-16(8-9-17(15)18(19)20)21-13-14-6-4-3-5-7-14/h3-9,12H,10-11,13H2,1-2H3. The molecule has 0 unspecified atom stereocenters.